The van der Waals surface area contributed by atoms with E-state index in [-0.39, 0.29) is 0 Å². The fraction of sp³-hybridized carbons (Fsp3) is 0.233. The van der Waals surface area contributed by atoms with E-state index in [0.29, 0.717) is 29.6 Å². The third-order valence-electron chi connectivity index (χ3n) is 9.29. The van der Waals surface area contributed by atoms with Crippen LogP contribution in [0.3, 0.4) is 0 Å². The molecule has 5 heteroatoms. The minimum atomic E-state index is 0.482. The average molecular weight is 632 g/mol. The molecule has 0 aliphatic rings. The van der Waals surface area contributed by atoms with E-state index in [2.05, 4.69) is 161 Å². The summed E-state index contributed by atoms with van der Waals surface area (Å²) < 4.78 is 0. The highest BCUT2D eigenvalue weighted by Gasteiger charge is 2.23. The van der Waals surface area contributed by atoms with Crippen LogP contribution in [-0.4, -0.2) is 15.0 Å². The molecule has 1 aromatic heterocycles. The quantitative estimate of drug-likeness (QED) is 0.142. The molecule has 0 saturated carbocycles. The van der Waals surface area contributed by atoms with Gasteiger partial charge in [-0.25, -0.2) is 0 Å². The first-order valence-electron chi connectivity index (χ1n) is 17.1. The molecule has 6 aromatic rings. The van der Waals surface area contributed by atoms with Gasteiger partial charge in [0.15, 0.2) is 5.82 Å². The number of nitrogens with zero attached hydrogens (tertiary/aromatic N) is 5. The predicted molar refractivity (Wildman–Crippen MR) is 202 cm³/mol. The topological polar surface area (TPSA) is 45.2 Å². The van der Waals surface area contributed by atoms with Crippen molar-refractivity contribution in [3.8, 4) is 11.4 Å². The number of anilines is 6. The second kappa shape index (κ2) is 14.6. The summed E-state index contributed by atoms with van der Waals surface area (Å²) in [6.45, 7) is 13.2. The Hall–Kier alpha value is -5.29. The molecule has 48 heavy (non-hydrogen) atoms. The van der Waals surface area contributed by atoms with Gasteiger partial charge in [0, 0.05) is 28.3 Å². The molecule has 242 valence electrons. The van der Waals surface area contributed by atoms with Crippen LogP contribution in [0.2, 0.25) is 0 Å². The second-order valence-electron chi connectivity index (χ2n) is 12.8. The Kier molecular flexibility index (Phi) is 9.96. The van der Waals surface area contributed by atoms with Gasteiger partial charge >= 0.3 is 0 Å². The Balaban J connectivity index is 1.58. The molecule has 5 nitrogen and oxygen atoms in total. The lowest BCUT2D eigenvalue weighted by Gasteiger charge is -2.28. The number of rotatable bonds is 11. The van der Waals surface area contributed by atoms with Crippen molar-refractivity contribution < 1.29 is 0 Å². The van der Waals surface area contributed by atoms with Crippen LogP contribution in [-0.2, 0) is 0 Å². The lowest BCUT2D eigenvalue weighted by atomic mass is 9.98. The molecule has 6 rings (SSSR count). The molecule has 2 atom stereocenters. The molecule has 0 spiro atoms. The third kappa shape index (κ3) is 7.16. The molecular formula is C43H45N5. The van der Waals surface area contributed by atoms with Crippen molar-refractivity contribution in [3.05, 3.63) is 150 Å². The lowest BCUT2D eigenvalue weighted by Crippen LogP contribution is -2.19. The van der Waals surface area contributed by atoms with Crippen molar-refractivity contribution in [2.75, 3.05) is 9.80 Å². The molecule has 0 bridgehead atoms. The first kappa shape index (κ1) is 32.6. The fourth-order valence-corrected chi connectivity index (χ4v) is 5.79. The maximum absolute atomic E-state index is 5.29. The van der Waals surface area contributed by atoms with E-state index in [1.165, 1.54) is 22.3 Å². The largest absolute Gasteiger partial charge is 0.279 e. The Morgan fingerprint density at radius 3 is 1.17 bits per heavy atom. The van der Waals surface area contributed by atoms with E-state index in [1.54, 1.807) is 0 Å². The summed E-state index contributed by atoms with van der Waals surface area (Å²) in [5.74, 6) is 2.67. The SMILES string of the molecule is CCC(C)c1ccc(N(c2ccc(C)cc2)c2nc(-c3ccccc3)nc(N(c3ccc(C)cc3)c3ccc(C(C)CC)cc3)n2)cc1. The van der Waals surface area contributed by atoms with Gasteiger partial charge in [0.2, 0.25) is 11.9 Å². The summed E-state index contributed by atoms with van der Waals surface area (Å²) in [4.78, 5) is 19.9. The molecule has 2 unspecified atom stereocenters. The van der Waals surface area contributed by atoms with Gasteiger partial charge in [-0.1, -0.05) is 118 Å². The molecule has 5 aromatic carbocycles. The number of aryl methyl sites for hydroxylation is 2. The van der Waals surface area contributed by atoms with Gasteiger partial charge in [0.05, 0.1) is 0 Å². The number of hydrogen-bond donors (Lipinski definition) is 0. The van der Waals surface area contributed by atoms with Crippen molar-refractivity contribution in [3.63, 3.8) is 0 Å². The van der Waals surface area contributed by atoms with E-state index >= 15 is 0 Å². The first-order valence-corrected chi connectivity index (χ1v) is 17.1. The molecule has 0 aliphatic carbocycles. The Morgan fingerprint density at radius 2 is 0.812 bits per heavy atom. The average Bonchev–Trinajstić information content (AvgIpc) is 3.13. The normalized spacial score (nSPS) is 12.4. The minimum absolute atomic E-state index is 0.482. The Morgan fingerprint density at radius 1 is 0.458 bits per heavy atom. The van der Waals surface area contributed by atoms with Gasteiger partial charge in [-0.15, -0.1) is 0 Å². The molecular weight excluding hydrogens is 587 g/mol. The van der Waals surface area contributed by atoms with E-state index in [1.807, 2.05) is 18.2 Å². The van der Waals surface area contributed by atoms with Crippen LogP contribution in [0, 0.1) is 13.8 Å². The Labute approximate surface area is 286 Å². The summed E-state index contributed by atoms with van der Waals surface area (Å²) in [6, 6.07) is 44.8. The molecule has 1 heterocycles. The van der Waals surface area contributed by atoms with Crippen molar-refractivity contribution >= 4 is 34.6 Å². The van der Waals surface area contributed by atoms with Gasteiger partial charge in [-0.3, -0.25) is 9.80 Å². The molecule has 0 radical (unpaired) electrons. The molecule has 0 fully saturated rings. The van der Waals surface area contributed by atoms with Gasteiger partial charge in [-0.05, 0) is 98.2 Å². The van der Waals surface area contributed by atoms with E-state index < -0.39 is 0 Å². The zero-order valence-electron chi connectivity index (χ0n) is 28.9. The highest BCUT2D eigenvalue weighted by molar-refractivity contribution is 5.78. The molecule has 0 saturated heterocycles. The van der Waals surface area contributed by atoms with E-state index in [0.717, 1.165) is 41.2 Å². The van der Waals surface area contributed by atoms with Crippen molar-refractivity contribution in [2.24, 2.45) is 0 Å². The zero-order chi connectivity index (χ0) is 33.6. The third-order valence-corrected chi connectivity index (χ3v) is 9.29. The first-order chi connectivity index (χ1) is 23.3. The second-order valence-corrected chi connectivity index (χ2v) is 12.8. The van der Waals surface area contributed by atoms with Crippen LogP contribution in [0.1, 0.15) is 74.6 Å². The maximum atomic E-state index is 5.29. The zero-order valence-corrected chi connectivity index (χ0v) is 28.9. The monoisotopic (exact) mass is 631 g/mol. The lowest BCUT2D eigenvalue weighted by molar-refractivity contribution is 0.733. The number of hydrogen-bond acceptors (Lipinski definition) is 5. The van der Waals surface area contributed by atoms with Crippen molar-refractivity contribution in [1.29, 1.82) is 0 Å². The summed E-state index contributed by atoms with van der Waals surface area (Å²) >= 11 is 0. The smallest absolute Gasteiger partial charge is 0.240 e. The summed E-state index contributed by atoms with van der Waals surface area (Å²) in [6.07, 6.45) is 2.18. The molecule has 0 amide bonds. The van der Waals surface area contributed by atoms with Gasteiger partial charge in [0.1, 0.15) is 0 Å². The fourth-order valence-electron chi connectivity index (χ4n) is 5.79. The van der Waals surface area contributed by atoms with Crippen LogP contribution in [0.4, 0.5) is 34.6 Å². The van der Waals surface area contributed by atoms with Crippen LogP contribution in [0.15, 0.2) is 127 Å². The van der Waals surface area contributed by atoms with Gasteiger partial charge < -0.3 is 0 Å². The number of benzene rings is 5. The highest BCUT2D eigenvalue weighted by Crippen LogP contribution is 2.39. The van der Waals surface area contributed by atoms with Crippen LogP contribution < -0.4 is 9.80 Å². The highest BCUT2D eigenvalue weighted by atomic mass is 15.3. The maximum Gasteiger partial charge on any atom is 0.240 e. The van der Waals surface area contributed by atoms with Crippen LogP contribution in [0.25, 0.3) is 11.4 Å². The summed E-state index contributed by atoms with van der Waals surface area (Å²) in [5.41, 5.74) is 9.88. The number of aromatic nitrogens is 3. The summed E-state index contributed by atoms with van der Waals surface area (Å²) in [7, 11) is 0. The van der Waals surface area contributed by atoms with Crippen LogP contribution >= 0.6 is 0 Å². The minimum Gasteiger partial charge on any atom is -0.279 e. The van der Waals surface area contributed by atoms with Crippen molar-refractivity contribution in [1.82, 2.24) is 15.0 Å². The molecule has 0 aliphatic heterocycles. The molecule has 0 N–H and O–H groups in total. The van der Waals surface area contributed by atoms with E-state index in [4.69, 9.17) is 15.0 Å². The Bertz CT molecular complexity index is 1800. The standard InChI is InChI=1S/C43H45N5/c1-7-32(5)34-18-26-39(27-19-34)47(37-22-14-30(3)15-23-37)42-44-41(36-12-10-9-11-13-36)45-43(46-42)48(38-24-16-31(4)17-25-38)40-28-20-35(21-29-40)33(6)8-2/h9-29,32-33H,7-8H2,1-6H3. The van der Waals surface area contributed by atoms with E-state index in [9.17, 15) is 0 Å². The predicted octanol–water partition coefficient (Wildman–Crippen LogP) is 12.1. The van der Waals surface area contributed by atoms with Crippen LogP contribution in [0.5, 0.6) is 0 Å². The van der Waals surface area contributed by atoms with Gasteiger partial charge in [0.25, 0.3) is 0 Å². The summed E-state index contributed by atoms with van der Waals surface area (Å²) in [5, 5.41) is 0. The van der Waals surface area contributed by atoms with Gasteiger partial charge in [-0.2, -0.15) is 15.0 Å². The van der Waals surface area contributed by atoms with Crippen molar-refractivity contribution in [2.45, 2.75) is 66.2 Å².